The van der Waals surface area contributed by atoms with Gasteiger partial charge in [-0.25, -0.2) is 0 Å². The molecule has 1 atom stereocenters. The van der Waals surface area contributed by atoms with Gasteiger partial charge in [0.25, 0.3) is 0 Å². The molecule has 0 bridgehead atoms. The van der Waals surface area contributed by atoms with Crippen LogP contribution in [0.3, 0.4) is 0 Å². The Hall–Kier alpha value is -0.760. The molecule has 0 radical (unpaired) electrons. The summed E-state index contributed by atoms with van der Waals surface area (Å²) in [6.07, 6.45) is 7.02. The Morgan fingerprint density at radius 2 is 2.36 bits per heavy atom. The highest BCUT2D eigenvalue weighted by atomic mass is 16.3. The summed E-state index contributed by atoms with van der Waals surface area (Å²) in [7, 11) is 0. The number of rotatable bonds is 1. The topological polar surface area (TPSA) is 25.2 Å². The molecular formula is C12H17NO. The summed E-state index contributed by atoms with van der Waals surface area (Å²) in [6, 6.07) is 2.15. The summed E-state index contributed by atoms with van der Waals surface area (Å²) in [6.45, 7) is 3.40. The second kappa shape index (κ2) is 2.86. The molecule has 2 heterocycles. The second-order valence-corrected chi connectivity index (χ2v) is 4.76. The first-order valence-electron chi connectivity index (χ1n) is 5.62. The van der Waals surface area contributed by atoms with Gasteiger partial charge in [0.05, 0.1) is 6.26 Å². The van der Waals surface area contributed by atoms with Crippen LogP contribution >= 0.6 is 0 Å². The van der Waals surface area contributed by atoms with E-state index in [1.807, 2.05) is 6.26 Å². The Labute approximate surface area is 84.7 Å². The molecule has 0 amide bonds. The summed E-state index contributed by atoms with van der Waals surface area (Å²) >= 11 is 0. The van der Waals surface area contributed by atoms with Crippen molar-refractivity contribution in [3.8, 4) is 0 Å². The molecule has 1 aromatic heterocycles. The van der Waals surface area contributed by atoms with Crippen LogP contribution in [0.25, 0.3) is 0 Å². The van der Waals surface area contributed by atoms with Crippen LogP contribution in [-0.4, -0.2) is 6.54 Å². The summed E-state index contributed by atoms with van der Waals surface area (Å²) in [5.74, 6) is 2.03. The van der Waals surface area contributed by atoms with Crippen molar-refractivity contribution in [1.82, 2.24) is 5.32 Å². The van der Waals surface area contributed by atoms with Gasteiger partial charge < -0.3 is 9.73 Å². The zero-order valence-electron chi connectivity index (χ0n) is 8.68. The van der Waals surface area contributed by atoms with Crippen LogP contribution in [0.4, 0.5) is 0 Å². The van der Waals surface area contributed by atoms with Crippen molar-refractivity contribution < 1.29 is 4.42 Å². The Morgan fingerprint density at radius 3 is 3.07 bits per heavy atom. The molecule has 1 aromatic rings. The van der Waals surface area contributed by atoms with Crippen LogP contribution < -0.4 is 5.32 Å². The normalized spacial score (nSPS) is 32.4. The summed E-state index contributed by atoms with van der Waals surface area (Å²) in [4.78, 5) is 0. The van der Waals surface area contributed by atoms with Gasteiger partial charge in [-0.05, 0) is 31.7 Å². The van der Waals surface area contributed by atoms with E-state index in [9.17, 15) is 0 Å². The van der Waals surface area contributed by atoms with Gasteiger partial charge in [0, 0.05) is 24.1 Å². The molecule has 3 rings (SSSR count). The zero-order valence-corrected chi connectivity index (χ0v) is 8.68. The van der Waals surface area contributed by atoms with Crippen LogP contribution in [0.2, 0.25) is 0 Å². The van der Waals surface area contributed by atoms with E-state index < -0.39 is 0 Å². The van der Waals surface area contributed by atoms with Crippen molar-refractivity contribution >= 4 is 0 Å². The average Bonchev–Trinajstić information content (AvgIpc) is 2.49. The maximum absolute atomic E-state index is 5.53. The molecule has 1 aliphatic carbocycles. The minimum Gasteiger partial charge on any atom is -0.469 e. The van der Waals surface area contributed by atoms with E-state index in [-0.39, 0.29) is 5.54 Å². The van der Waals surface area contributed by atoms with Crippen molar-refractivity contribution in [3.05, 3.63) is 23.7 Å². The van der Waals surface area contributed by atoms with E-state index in [0.717, 1.165) is 18.9 Å². The Bertz CT molecular complexity index is 340. The second-order valence-electron chi connectivity index (χ2n) is 4.76. The molecule has 2 aliphatic rings. The predicted octanol–water partition coefficient (Wildman–Crippen LogP) is 2.44. The lowest BCUT2D eigenvalue weighted by Crippen LogP contribution is -2.51. The molecule has 1 aliphatic heterocycles. The average molecular weight is 191 g/mol. The Kier molecular flexibility index (Phi) is 1.75. The highest BCUT2D eigenvalue weighted by Crippen LogP contribution is 2.44. The molecular weight excluding hydrogens is 174 g/mol. The van der Waals surface area contributed by atoms with Crippen molar-refractivity contribution in [1.29, 1.82) is 0 Å². The molecule has 0 spiro atoms. The minimum absolute atomic E-state index is 0.193. The highest BCUT2D eigenvalue weighted by molar-refractivity contribution is 5.30. The molecule has 1 fully saturated rings. The fourth-order valence-electron chi connectivity index (χ4n) is 2.88. The molecule has 1 N–H and O–H groups in total. The zero-order chi connectivity index (χ0) is 9.60. The van der Waals surface area contributed by atoms with Crippen LogP contribution in [0.5, 0.6) is 0 Å². The van der Waals surface area contributed by atoms with E-state index in [1.165, 1.54) is 30.6 Å². The number of hydrogen-bond acceptors (Lipinski definition) is 2. The molecule has 14 heavy (non-hydrogen) atoms. The third-order valence-electron chi connectivity index (χ3n) is 4.07. The first-order valence-corrected chi connectivity index (χ1v) is 5.62. The highest BCUT2D eigenvalue weighted by Gasteiger charge is 2.42. The van der Waals surface area contributed by atoms with E-state index >= 15 is 0 Å². The van der Waals surface area contributed by atoms with Gasteiger partial charge >= 0.3 is 0 Å². The van der Waals surface area contributed by atoms with Gasteiger partial charge in [0.2, 0.25) is 0 Å². The third kappa shape index (κ3) is 1.01. The minimum atomic E-state index is 0.193. The fraction of sp³-hybridized carbons (Fsp3) is 0.667. The maximum atomic E-state index is 5.53. The maximum Gasteiger partial charge on any atom is 0.110 e. The lowest BCUT2D eigenvalue weighted by Gasteiger charge is -2.45. The van der Waals surface area contributed by atoms with Crippen molar-refractivity contribution in [2.75, 3.05) is 6.54 Å². The monoisotopic (exact) mass is 191 g/mol. The molecule has 0 saturated heterocycles. The lowest BCUT2D eigenvalue weighted by atomic mass is 9.67. The largest absolute Gasteiger partial charge is 0.469 e. The third-order valence-corrected chi connectivity index (χ3v) is 4.07. The molecule has 76 valence electrons. The van der Waals surface area contributed by atoms with Gasteiger partial charge in [-0.3, -0.25) is 0 Å². The standard InChI is InChI=1S/C12H17NO/c1-12(9-3-2-4-9)10-6-8-14-11(10)5-7-13-12/h6,8-9,13H,2-5,7H2,1H3. The summed E-state index contributed by atoms with van der Waals surface area (Å²) < 4.78 is 5.53. The molecule has 0 aromatic carbocycles. The molecule has 2 heteroatoms. The van der Waals surface area contributed by atoms with Crippen LogP contribution in [0.1, 0.15) is 37.5 Å². The van der Waals surface area contributed by atoms with E-state index in [0.29, 0.717) is 0 Å². The molecule has 1 saturated carbocycles. The van der Waals surface area contributed by atoms with Gasteiger partial charge in [0.15, 0.2) is 0 Å². The Balaban J connectivity index is 2.01. The van der Waals surface area contributed by atoms with Gasteiger partial charge in [-0.2, -0.15) is 0 Å². The van der Waals surface area contributed by atoms with Gasteiger partial charge in [-0.15, -0.1) is 0 Å². The number of nitrogens with one attached hydrogen (secondary N) is 1. The summed E-state index contributed by atoms with van der Waals surface area (Å²) in [5.41, 5.74) is 1.60. The number of fused-ring (bicyclic) bond motifs is 1. The van der Waals surface area contributed by atoms with Crippen LogP contribution in [-0.2, 0) is 12.0 Å². The van der Waals surface area contributed by atoms with Crippen molar-refractivity contribution in [2.45, 2.75) is 38.1 Å². The van der Waals surface area contributed by atoms with Gasteiger partial charge in [0.1, 0.15) is 5.76 Å². The van der Waals surface area contributed by atoms with Crippen LogP contribution in [0.15, 0.2) is 16.7 Å². The van der Waals surface area contributed by atoms with Crippen LogP contribution in [0, 0.1) is 5.92 Å². The number of furan rings is 1. The Morgan fingerprint density at radius 1 is 1.50 bits per heavy atom. The summed E-state index contributed by atoms with van der Waals surface area (Å²) in [5, 5.41) is 3.68. The van der Waals surface area contributed by atoms with E-state index in [1.54, 1.807) is 0 Å². The fourth-order valence-corrected chi connectivity index (χ4v) is 2.88. The van der Waals surface area contributed by atoms with Gasteiger partial charge in [-0.1, -0.05) is 6.42 Å². The SMILES string of the molecule is CC1(C2CCC2)NCCc2occc21. The predicted molar refractivity (Wildman–Crippen MR) is 55.1 cm³/mol. The molecule has 1 unspecified atom stereocenters. The van der Waals surface area contributed by atoms with Crippen molar-refractivity contribution in [3.63, 3.8) is 0 Å². The number of hydrogen-bond donors (Lipinski definition) is 1. The van der Waals surface area contributed by atoms with Crippen molar-refractivity contribution in [2.24, 2.45) is 5.92 Å². The first-order chi connectivity index (χ1) is 6.81. The smallest absolute Gasteiger partial charge is 0.110 e. The quantitative estimate of drug-likeness (QED) is 0.737. The van der Waals surface area contributed by atoms with E-state index in [2.05, 4.69) is 18.3 Å². The molecule has 2 nitrogen and oxygen atoms in total. The first kappa shape index (κ1) is 8.54. The van der Waals surface area contributed by atoms with E-state index in [4.69, 9.17) is 4.42 Å². The lowest BCUT2D eigenvalue weighted by molar-refractivity contribution is 0.131.